The minimum Gasteiger partial charge on any atom is -0.374 e. The van der Waals surface area contributed by atoms with Crippen LogP contribution in [0.5, 0.6) is 0 Å². The van der Waals surface area contributed by atoms with Gasteiger partial charge in [0.2, 0.25) is 0 Å². The lowest BCUT2D eigenvalue weighted by Gasteiger charge is -2.27. The third kappa shape index (κ3) is 1.89. The van der Waals surface area contributed by atoms with Gasteiger partial charge in [-0.3, -0.25) is 0 Å². The summed E-state index contributed by atoms with van der Waals surface area (Å²) >= 11 is 0. The zero-order chi connectivity index (χ0) is 13.5. The van der Waals surface area contributed by atoms with Crippen LogP contribution in [0.1, 0.15) is 18.0 Å². The Hall–Kier alpha value is -1.88. The Bertz CT molecular complexity index is 629. The van der Waals surface area contributed by atoms with E-state index < -0.39 is 0 Å². The SMILES string of the molecule is CN1CCCc2cc(-c3cn(C4CNC4)nn3)ccc21. The van der Waals surface area contributed by atoms with E-state index in [1.165, 1.54) is 23.2 Å². The third-order valence-corrected chi connectivity index (χ3v) is 4.37. The number of nitrogens with one attached hydrogen (secondary N) is 1. The van der Waals surface area contributed by atoms with Gasteiger partial charge in [-0.25, -0.2) is 4.68 Å². The highest BCUT2D eigenvalue weighted by molar-refractivity contribution is 5.66. The van der Waals surface area contributed by atoms with Gasteiger partial charge in [0.15, 0.2) is 0 Å². The van der Waals surface area contributed by atoms with E-state index in [0.717, 1.165) is 31.7 Å². The summed E-state index contributed by atoms with van der Waals surface area (Å²) in [6, 6.07) is 7.13. The molecule has 1 aromatic carbocycles. The molecule has 0 unspecified atom stereocenters. The summed E-state index contributed by atoms with van der Waals surface area (Å²) in [4.78, 5) is 2.33. The van der Waals surface area contributed by atoms with Crippen molar-refractivity contribution in [3.8, 4) is 11.3 Å². The van der Waals surface area contributed by atoms with Gasteiger partial charge in [-0.2, -0.15) is 0 Å². The molecule has 1 aromatic heterocycles. The molecule has 20 heavy (non-hydrogen) atoms. The average molecular weight is 269 g/mol. The van der Waals surface area contributed by atoms with E-state index in [4.69, 9.17) is 0 Å². The summed E-state index contributed by atoms with van der Waals surface area (Å²) in [5.74, 6) is 0. The Morgan fingerprint density at radius 1 is 1.30 bits per heavy atom. The molecule has 0 bridgehead atoms. The zero-order valence-corrected chi connectivity index (χ0v) is 11.7. The van der Waals surface area contributed by atoms with E-state index in [0.29, 0.717) is 6.04 Å². The van der Waals surface area contributed by atoms with E-state index in [-0.39, 0.29) is 0 Å². The number of aryl methyl sites for hydroxylation is 1. The minimum atomic E-state index is 0.472. The molecule has 1 N–H and O–H groups in total. The molecule has 2 aliphatic heterocycles. The van der Waals surface area contributed by atoms with Gasteiger partial charge >= 0.3 is 0 Å². The van der Waals surface area contributed by atoms with E-state index in [1.54, 1.807) is 0 Å². The summed E-state index contributed by atoms with van der Waals surface area (Å²) in [7, 11) is 2.16. The van der Waals surface area contributed by atoms with Crippen LogP contribution < -0.4 is 10.2 Å². The molecule has 104 valence electrons. The van der Waals surface area contributed by atoms with Crippen LogP contribution in [0.4, 0.5) is 5.69 Å². The molecule has 0 radical (unpaired) electrons. The van der Waals surface area contributed by atoms with Crippen molar-refractivity contribution < 1.29 is 0 Å². The molecule has 5 nitrogen and oxygen atoms in total. The number of benzene rings is 1. The molecule has 0 saturated carbocycles. The van der Waals surface area contributed by atoms with Gasteiger partial charge in [0.1, 0.15) is 5.69 Å². The smallest absolute Gasteiger partial charge is 0.113 e. The number of hydrogen-bond acceptors (Lipinski definition) is 4. The number of hydrogen-bond donors (Lipinski definition) is 1. The molecular formula is C15H19N5. The van der Waals surface area contributed by atoms with Crippen molar-refractivity contribution in [3.63, 3.8) is 0 Å². The predicted octanol–water partition coefficient (Wildman–Crippen LogP) is 1.47. The highest BCUT2D eigenvalue weighted by Gasteiger charge is 2.21. The Kier molecular flexibility index (Phi) is 2.73. The van der Waals surface area contributed by atoms with E-state index in [1.807, 2.05) is 4.68 Å². The summed E-state index contributed by atoms with van der Waals surface area (Å²) in [6.45, 7) is 3.15. The molecule has 0 spiro atoms. The first kappa shape index (κ1) is 11.9. The number of aromatic nitrogens is 3. The largest absolute Gasteiger partial charge is 0.374 e. The van der Waals surface area contributed by atoms with Crippen molar-refractivity contribution in [3.05, 3.63) is 30.0 Å². The minimum absolute atomic E-state index is 0.472. The van der Waals surface area contributed by atoms with Crippen LogP contribution in [0.3, 0.4) is 0 Å². The lowest BCUT2D eigenvalue weighted by Crippen LogP contribution is -2.43. The molecule has 2 aromatic rings. The van der Waals surface area contributed by atoms with Crippen molar-refractivity contribution in [2.45, 2.75) is 18.9 Å². The maximum absolute atomic E-state index is 4.33. The summed E-state index contributed by atoms with van der Waals surface area (Å²) in [5.41, 5.74) is 4.94. The second-order valence-corrected chi connectivity index (χ2v) is 5.76. The predicted molar refractivity (Wildman–Crippen MR) is 79.0 cm³/mol. The summed E-state index contributed by atoms with van der Waals surface area (Å²) < 4.78 is 1.98. The summed E-state index contributed by atoms with van der Waals surface area (Å²) in [6.07, 6.45) is 4.46. The average Bonchev–Trinajstić information content (AvgIpc) is 2.86. The monoisotopic (exact) mass is 269 g/mol. The van der Waals surface area contributed by atoms with Gasteiger partial charge in [0.25, 0.3) is 0 Å². The van der Waals surface area contributed by atoms with Gasteiger partial charge in [-0.1, -0.05) is 11.3 Å². The van der Waals surface area contributed by atoms with Crippen molar-refractivity contribution in [1.82, 2.24) is 20.3 Å². The Morgan fingerprint density at radius 2 is 2.20 bits per heavy atom. The molecule has 2 aliphatic rings. The Morgan fingerprint density at radius 3 is 3.00 bits per heavy atom. The standard InChI is InChI=1S/C15H19N5/c1-19-6-2-3-12-7-11(4-5-15(12)19)14-10-20(18-17-14)13-8-16-9-13/h4-5,7,10,13,16H,2-3,6,8-9H2,1H3. The van der Waals surface area contributed by atoms with E-state index in [9.17, 15) is 0 Å². The van der Waals surface area contributed by atoms with Gasteiger partial charge in [0, 0.05) is 37.9 Å². The van der Waals surface area contributed by atoms with Crippen molar-refractivity contribution >= 4 is 5.69 Å². The fourth-order valence-electron chi connectivity index (χ4n) is 2.99. The maximum Gasteiger partial charge on any atom is 0.113 e. The second-order valence-electron chi connectivity index (χ2n) is 5.76. The fourth-order valence-corrected chi connectivity index (χ4v) is 2.99. The normalized spacial score (nSPS) is 18.8. The van der Waals surface area contributed by atoms with Crippen molar-refractivity contribution in [1.29, 1.82) is 0 Å². The van der Waals surface area contributed by atoms with Crippen LogP contribution in [0.25, 0.3) is 11.3 Å². The first-order valence-corrected chi connectivity index (χ1v) is 7.28. The molecule has 0 amide bonds. The van der Waals surface area contributed by atoms with Gasteiger partial charge in [-0.05, 0) is 30.5 Å². The number of rotatable bonds is 2. The van der Waals surface area contributed by atoms with Gasteiger partial charge in [-0.15, -0.1) is 5.10 Å². The summed E-state index contributed by atoms with van der Waals surface area (Å²) in [5, 5.41) is 11.8. The molecular weight excluding hydrogens is 250 g/mol. The van der Waals surface area contributed by atoms with Crippen LogP contribution in [-0.4, -0.2) is 41.7 Å². The molecule has 0 atom stereocenters. The van der Waals surface area contributed by atoms with E-state index in [2.05, 4.69) is 52.0 Å². The maximum atomic E-state index is 4.33. The molecule has 3 heterocycles. The molecule has 1 saturated heterocycles. The van der Waals surface area contributed by atoms with Crippen LogP contribution in [0, 0.1) is 0 Å². The van der Waals surface area contributed by atoms with Crippen LogP contribution >= 0.6 is 0 Å². The molecule has 4 rings (SSSR count). The van der Waals surface area contributed by atoms with Crippen LogP contribution in [0.15, 0.2) is 24.4 Å². The highest BCUT2D eigenvalue weighted by atomic mass is 15.4. The fraction of sp³-hybridized carbons (Fsp3) is 0.467. The van der Waals surface area contributed by atoms with Gasteiger partial charge < -0.3 is 10.2 Å². The number of anilines is 1. The zero-order valence-electron chi connectivity index (χ0n) is 11.7. The van der Waals surface area contributed by atoms with Crippen LogP contribution in [0.2, 0.25) is 0 Å². The second kappa shape index (κ2) is 4.59. The Balaban J connectivity index is 1.66. The molecule has 5 heteroatoms. The quantitative estimate of drug-likeness (QED) is 0.897. The Labute approximate surface area is 118 Å². The van der Waals surface area contributed by atoms with Gasteiger partial charge in [0.05, 0.1) is 12.2 Å². The van der Waals surface area contributed by atoms with E-state index >= 15 is 0 Å². The molecule has 1 fully saturated rings. The molecule has 0 aliphatic carbocycles. The number of fused-ring (bicyclic) bond motifs is 1. The van der Waals surface area contributed by atoms with Crippen molar-refractivity contribution in [2.75, 3.05) is 31.6 Å². The first-order chi connectivity index (χ1) is 9.81. The first-order valence-electron chi connectivity index (χ1n) is 7.28. The lowest BCUT2D eigenvalue weighted by atomic mass is 9.99. The van der Waals surface area contributed by atoms with Crippen molar-refractivity contribution in [2.24, 2.45) is 0 Å². The number of nitrogens with zero attached hydrogens (tertiary/aromatic N) is 4. The third-order valence-electron chi connectivity index (χ3n) is 4.37. The lowest BCUT2D eigenvalue weighted by molar-refractivity contribution is 0.313. The van der Waals surface area contributed by atoms with Crippen LogP contribution in [-0.2, 0) is 6.42 Å². The highest BCUT2D eigenvalue weighted by Crippen LogP contribution is 2.30. The topological polar surface area (TPSA) is 46.0 Å².